The number of H-pyrrole nitrogens is 1. The number of imidazole rings is 1. The average Bonchev–Trinajstić information content (AvgIpc) is 3.47. The van der Waals surface area contributed by atoms with Crippen LogP contribution in [0.25, 0.3) is 33.5 Å². The van der Waals surface area contributed by atoms with Gasteiger partial charge in [-0.2, -0.15) is 5.10 Å². The van der Waals surface area contributed by atoms with Crippen LogP contribution in [0.1, 0.15) is 31.2 Å². The van der Waals surface area contributed by atoms with Crippen LogP contribution in [0.5, 0.6) is 5.88 Å². The Bertz CT molecular complexity index is 1340. The summed E-state index contributed by atoms with van der Waals surface area (Å²) in [6.45, 7) is 2.74. The summed E-state index contributed by atoms with van der Waals surface area (Å²) in [5.41, 5.74) is 5.43. The molecule has 32 heavy (non-hydrogen) atoms. The molecule has 0 bridgehead atoms. The minimum absolute atomic E-state index is 0.0936. The molecule has 0 atom stereocenters. The summed E-state index contributed by atoms with van der Waals surface area (Å²) in [6.07, 6.45) is 4.53. The van der Waals surface area contributed by atoms with E-state index in [2.05, 4.69) is 68.1 Å². The van der Waals surface area contributed by atoms with Crippen LogP contribution in [0.3, 0.4) is 0 Å². The van der Waals surface area contributed by atoms with Crippen LogP contribution in [0, 0.1) is 0 Å². The van der Waals surface area contributed by atoms with Gasteiger partial charge in [0.15, 0.2) is 5.82 Å². The van der Waals surface area contributed by atoms with E-state index in [1.807, 2.05) is 22.8 Å². The predicted molar refractivity (Wildman–Crippen MR) is 120 cm³/mol. The van der Waals surface area contributed by atoms with Crippen LogP contribution in [0.2, 0.25) is 0 Å². The van der Waals surface area contributed by atoms with Gasteiger partial charge < -0.3 is 9.67 Å². The highest BCUT2D eigenvalue weighted by Gasteiger charge is 2.16. The molecule has 5 aromatic rings. The van der Waals surface area contributed by atoms with Crippen molar-refractivity contribution in [1.29, 1.82) is 0 Å². The Morgan fingerprint density at radius 1 is 1.00 bits per heavy atom. The molecule has 0 unspecified atom stereocenters. The van der Waals surface area contributed by atoms with E-state index in [9.17, 15) is 5.11 Å². The summed E-state index contributed by atoms with van der Waals surface area (Å²) in [4.78, 5) is 4.69. The molecular formula is C23H22N8O. The van der Waals surface area contributed by atoms with Crippen LogP contribution in [0.15, 0.2) is 54.7 Å². The van der Waals surface area contributed by atoms with Gasteiger partial charge in [0.2, 0.25) is 0 Å². The van der Waals surface area contributed by atoms with E-state index in [0.717, 1.165) is 47.3 Å². The summed E-state index contributed by atoms with van der Waals surface area (Å²) < 4.78 is 2.04. The highest BCUT2D eigenvalue weighted by atomic mass is 16.3. The molecule has 2 aromatic carbocycles. The standard InChI is InChI=1S/C23H22N8O/c1-2-3-8-20-25-19-13-24-28-23(32)21(19)31(20)14-15-9-11-16(12-10-15)17-6-4-5-7-18(17)22-26-29-30-27-22/h4-7,9-13H,2-3,8,14H2,1H3,(H,28,32)(H,26,27,29,30). The van der Waals surface area contributed by atoms with Crippen molar-refractivity contribution in [2.24, 2.45) is 0 Å². The van der Waals surface area contributed by atoms with E-state index in [1.54, 1.807) is 6.20 Å². The largest absolute Gasteiger partial charge is 0.491 e. The number of aromatic amines is 1. The fraction of sp³-hybridized carbons (Fsp3) is 0.217. The first kappa shape index (κ1) is 19.8. The molecule has 0 aliphatic heterocycles. The molecule has 3 aromatic heterocycles. The van der Waals surface area contributed by atoms with E-state index >= 15 is 0 Å². The van der Waals surface area contributed by atoms with Crippen molar-refractivity contribution in [1.82, 2.24) is 40.4 Å². The maximum absolute atomic E-state index is 10.3. The topological polar surface area (TPSA) is 118 Å². The quantitative estimate of drug-likeness (QED) is 0.407. The van der Waals surface area contributed by atoms with E-state index in [0.29, 0.717) is 23.4 Å². The first-order chi connectivity index (χ1) is 15.7. The number of aromatic hydroxyl groups is 1. The van der Waals surface area contributed by atoms with E-state index in [4.69, 9.17) is 4.98 Å². The fourth-order valence-electron chi connectivity index (χ4n) is 3.91. The Balaban J connectivity index is 1.49. The number of aromatic nitrogens is 8. The molecule has 5 rings (SSSR count). The van der Waals surface area contributed by atoms with Crippen molar-refractivity contribution in [2.45, 2.75) is 32.7 Å². The Morgan fingerprint density at radius 3 is 2.56 bits per heavy atom. The van der Waals surface area contributed by atoms with Crippen molar-refractivity contribution in [2.75, 3.05) is 0 Å². The smallest absolute Gasteiger partial charge is 0.257 e. The third-order valence-corrected chi connectivity index (χ3v) is 5.50. The van der Waals surface area contributed by atoms with Gasteiger partial charge in [-0.1, -0.05) is 61.9 Å². The van der Waals surface area contributed by atoms with Crippen molar-refractivity contribution in [3.8, 4) is 28.4 Å². The number of aryl methyl sites for hydroxylation is 1. The molecule has 3 heterocycles. The first-order valence-electron chi connectivity index (χ1n) is 10.6. The van der Waals surface area contributed by atoms with Gasteiger partial charge in [0.1, 0.15) is 16.9 Å². The van der Waals surface area contributed by atoms with Crippen molar-refractivity contribution in [3.05, 3.63) is 66.1 Å². The van der Waals surface area contributed by atoms with Crippen LogP contribution >= 0.6 is 0 Å². The summed E-state index contributed by atoms with van der Waals surface area (Å²) in [6, 6.07) is 16.4. The number of tetrazole rings is 1. The van der Waals surface area contributed by atoms with Crippen molar-refractivity contribution in [3.63, 3.8) is 0 Å². The number of rotatable bonds is 7. The Kier molecular flexibility index (Phi) is 5.29. The maximum Gasteiger partial charge on any atom is 0.257 e. The number of benzene rings is 2. The highest BCUT2D eigenvalue weighted by Crippen LogP contribution is 2.30. The van der Waals surface area contributed by atoms with Crippen LogP contribution in [-0.2, 0) is 13.0 Å². The molecule has 9 heteroatoms. The lowest BCUT2D eigenvalue weighted by molar-refractivity contribution is 0.448. The lowest BCUT2D eigenvalue weighted by Gasteiger charge is -2.11. The summed E-state index contributed by atoms with van der Waals surface area (Å²) in [7, 11) is 0. The van der Waals surface area contributed by atoms with Gasteiger partial charge in [-0.15, -0.1) is 10.2 Å². The molecule has 2 N–H and O–H groups in total. The number of hydrogen-bond donors (Lipinski definition) is 2. The van der Waals surface area contributed by atoms with Crippen LogP contribution in [0.4, 0.5) is 0 Å². The normalized spacial score (nSPS) is 11.3. The first-order valence-corrected chi connectivity index (χ1v) is 10.6. The molecular weight excluding hydrogens is 404 g/mol. The van der Waals surface area contributed by atoms with Crippen LogP contribution in [-0.4, -0.2) is 45.5 Å². The number of unbranched alkanes of at least 4 members (excludes halogenated alkanes) is 1. The number of fused-ring (bicyclic) bond motifs is 1. The van der Waals surface area contributed by atoms with Crippen LogP contribution < -0.4 is 0 Å². The molecule has 0 aliphatic rings. The van der Waals surface area contributed by atoms with E-state index < -0.39 is 0 Å². The summed E-state index contributed by atoms with van der Waals surface area (Å²) in [5.74, 6) is 1.47. The van der Waals surface area contributed by atoms with E-state index in [-0.39, 0.29) is 5.88 Å². The number of nitrogens with one attached hydrogen (secondary N) is 1. The third kappa shape index (κ3) is 3.68. The second-order valence-corrected chi connectivity index (χ2v) is 7.61. The monoisotopic (exact) mass is 426 g/mol. The molecule has 160 valence electrons. The fourth-order valence-corrected chi connectivity index (χ4v) is 3.91. The van der Waals surface area contributed by atoms with Gasteiger partial charge in [0.25, 0.3) is 5.88 Å². The van der Waals surface area contributed by atoms with Gasteiger partial charge in [-0.3, -0.25) is 0 Å². The van der Waals surface area contributed by atoms with Crippen molar-refractivity contribution < 1.29 is 5.11 Å². The SMILES string of the molecule is CCCCc1nc2cnnc(O)c2n1Cc1ccc(-c2ccccc2-c2nnn[nH]2)cc1. The Labute approximate surface area is 184 Å². The minimum atomic E-state index is -0.0936. The zero-order valence-corrected chi connectivity index (χ0v) is 17.6. The zero-order chi connectivity index (χ0) is 21.9. The highest BCUT2D eigenvalue weighted by molar-refractivity contribution is 5.81. The van der Waals surface area contributed by atoms with E-state index in [1.165, 1.54) is 0 Å². The lowest BCUT2D eigenvalue weighted by Crippen LogP contribution is -2.06. The average molecular weight is 426 g/mol. The second-order valence-electron chi connectivity index (χ2n) is 7.61. The van der Waals surface area contributed by atoms with Gasteiger partial charge in [-0.25, -0.2) is 10.1 Å². The predicted octanol–water partition coefficient (Wildman–Crippen LogP) is 3.77. The molecule has 0 fully saturated rings. The molecule has 0 spiro atoms. The second kappa shape index (κ2) is 8.54. The third-order valence-electron chi connectivity index (χ3n) is 5.50. The number of nitrogens with zero attached hydrogens (tertiary/aromatic N) is 7. The van der Waals surface area contributed by atoms with Gasteiger partial charge in [-0.05, 0) is 33.5 Å². The molecule has 0 saturated heterocycles. The summed E-state index contributed by atoms with van der Waals surface area (Å²) in [5, 5.41) is 32.2. The maximum atomic E-state index is 10.3. The molecule has 9 nitrogen and oxygen atoms in total. The summed E-state index contributed by atoms with van der Waals surface area (Å²) >= 11 is 0. The minimum Gasteiger partial charge on any atom is -0.491 e. The molecule has 0 amide bonds. The van der Waals surface area contributed by atoms with Gasteiger partial charge in [0.05, 0.1) is 6.20 Å². The lowest BCUT2D eigenvalue weighted by atomic mass is 9.98. The Hall–Kier alpha value is -4.14. The van der Waals surface area contributed by atoms with Gasteiger partial charge in [0, 0.05) is 18.5 Å². The Morgan fingerprint density at radius 2 is 1.81 bits per heavy atom. The van der Waals surface area contributed by atoms with Crippen molar-refractivity contribution >= 4 is 11.0 Å². The van der Waals surface area contributed by atoms with Gasteiger partial charge >= 0.3 is 0 Å². The number of hydrogen-bond acceptors (Lipinski definition) is 7. The molecule has 0 aliphatic carbocycles. The molecule has 0 radical (unpaired) electrons. The zero-order valence-electron chi connectivity index (χ0n) is 17.6. The molecule has 0 saturated carbocycles.